The van der Waals surface area contributed by atoms with Gasteiger partial charge in [-0.15, -0.1) is 0 Å². The number of benzene rings is 2. The quantitative estimate of drug-likeness (QED) is 0.889. The maximum Gasteiger partial charge on any atom is 0.228 e. The van der Waals surface area contributed by atoms with E-state index in [0.29, 0.717) is 22.9 Å². The average molecular weight is 315 g/mol. The summed E-state index contributed by atoms with van der Waals surface area (Å²) in [6, 6.07) is 11.1. The van der Waals surface area contributed by atoms with Crippen molar-refractivity contribution in [1.82, 2.24) is 0 Å². The van der Waals surface area contributed by atoms with Crippen molar-refractivity contribution in [3.8, 4) is 17.2 Å². The molecule has 2 rings (SSSR count). The molecule has 1 N–H and O–H groups in total. The largest absolute Gasteiger partial charge is 0.495 e. The van der Waals surface area contributed by atoms with Crippen LogP contribution in [0.15, 0.2) is 36.4 Å². The highest BCUT2D eigenvalue weighted by Crippen LogP contribution is 2.28. The van der Waals surface area contributed by atoms with Crippen molar-refractivity contribution < 1.29 is 19.0 Å². The summed E-state index contributed by atoms with van der Waals surface area (Å²) in [7, 11) is 4.72. The van der Waals surface area contributed by atoms with E-state index in [-0.39, 0.29) is 12.3 Å². The van der Waals surface area contributed by atoms with Gasteiger partial charge in [0, 0.05) is 0 Å². The number of hydrogen-bond acceptors (Lipinski definition) is 4. The first-order valence-electron chi connectivity index (χ1n) is 7.22. The molecule has 122 valence electrons. The second-order valence-electron chi connectivity index (χ2n) is 5.12. The molecule has 0 saturated heterocycles. The third kappa shape index (κ3) is 4.16. The van der Waals surface area contributed by atoms with Crippen LogP contribution in [0.4, 0.5) is 5.69 Å². The molecular formula is C18H21NO4. The molecule has 0 atom stereocenters. The summed E-state index contributed by atoms with van der Waals surface area (Å²) in [5, 5.41) is 2.88. The molecule has 0 saturated carbocycles. The Bertz CT molecular complexity index is 697. The fourth-order valence-electron chi connectivity index (χ4n) is 2.29. The number of methoxy groups -OCH3 is 3. The minimum absolute atomic E-state index is 0.124. The van der Waals surface area contributed by atoms with Crippen LogP contribution in [0.5, 0.6) is 17.2 Å². The summed E-state index contributed by atoms with van der Waals surface area (Å²) < 4.78 is 15.7. The predicted molar refractivity (Wildman–Crippen MR) is 89.6 cm³/mol. The van der Waals surface area contributed by atoms with E-state index >= 15 is 0 Å². The Morgan fingerprint density at radius 3 is 2.22 bits per heavy atom. The maximum absolute atomic E-state index is 12.3. The number of amides is 1. The third-order valence-electron chi connectivity index (χ3n) is 3.44. The lowest BCUT2D eigenvalue weighted by atomic mass is 10.1. The number of hydrogen-bond donors (Lipinski definition) is 1. The van der Waals surface area contributed by atoms with Crippen LogP contribution in [0, 0.1) is 6.92 Å². The topological polar surface area (TPSA) is 56.8 Å². The van der Waals surface area contributed by atoms with E-state index in [1.165, 1.54) is 0 Å². The summed E-state index contributed by atoms with van der Waals surface area (Å²) in [4.78, 5) is 12.3. The van der Waals surface area contributed by atoms with Gasteiger partial charge in [0.2, 0.25) is 5.91 Å². The average Bonchev–Trinajstić information content (AvgIpc) is 2.54. The first-order valence-corrected chi connectivity index (χ1v) is 7.22. The highest BCUT2D eigenvalue weighted by atomic mass is 16.5. The molecule has 1 amide bonds. The fraction of sp³-hybridized carbons (Fsp3) is 0.278. The molecule has 0 aromatic heterocycles. The zero-order valence-electron chi connectivity index (χ0n) is 13.8. The number of ether oxygens (including phenoxy) is 3. The molecule has 5 nitrogen and oxygen atoms in total. The van der Waals surface area contributed by atoms with Gasteiger partial charge in [0.05, 0.1) is 33.4 Å². The molecule has 5 heteroatoms. The smallest absolute Gasteiger partial charge is 0.228 e. The van der Waals surface area contributed by atoms with Crippen molar-refractivity contribution in [3.05, 3.63) is 47.5 Å². The third-order valence-corrected chi connectivity index (χ3v) is 3.44. The van der Waals surface area contributed by atoms with Gasteiger partial charge in [-0.2, -0.15) is 0 Å². The van der Waals surface area contributed by atoms with Crippen molar-refractivity contribution in [1.29, 1.82) is 0 Å². The Hall–Kier alpha value is -2.69. The van der Waals surface area contributed by atoms with E-state index in [2.05, 4.69) is 5.32 Å². The molecular weight excluding hydrogens is 294 g/mol. The monoisotopic (exact) mass is 315 g/mol. The minimum Gasteiger partial charge on any atom is -0.495 e. The SMILES string of the molecule is COc1ccc(C)cc1NC(=O)Cc1ccc(OC)c(OC)c1. The van der Waals surface area contributed by atoms with Gasteiger partial charge in [-0.1, -0.05) is 12.1 Å². The molecule has 0 radical (unpaired) electrons. The molecule has 0 bridgehead atoms. The Balaban J connectivity index is 2.12. The molecule has 0 fully saturated rings. The number of aryl methyl sites for hydroxylation is 1. The highest BCUT2D eigenvalue weighted by Gasteiger charge is 2.11. The van der Waals surface area contributed by atoms with Crippen molar-refractivity contribution in [2.45, 2.75) is 13.3 Å². The van der Waals surface area contributed by atoms with Gasteiger partial charge >= 0.3 is 0 Å². The Kier molecular flexibility index (Phi) is 5.46. The van der Waals surface area contributed by atoms with E-state index < -0.39 is 0 Å². The fourth-order valence-corrected chi connectivity index (χ4v) is 2.29. The number of anilines is 1. The zero-order chi connectivity index (χ0) is 16.8. The molecule has 0 unspecified atom stereocenters. The molecule has 2 aromatic rings. The van der Waals surface area contributed by atoms with Crippen molar-refractivity contribution in [3.63, 3.8) is 0 Å². The van der Waals surface area contributed by atoms with Crippen LogP contribution in [-0.4, -0.2) is 27.2 Å². The predicted octanol–water partition coefficient (Wildman–Crippen LogP) is 3.20. The van der Waals surface area contributed by atoms with Gasteiger partial charge in [0.15, 0.2) is 11.5 Å². The molecule has 0 aliphatic heterocycles. The van der Waals surface area contributed by atoms with Crippen molar-refractivity contribution in [2.24, 2.45) is 0 Å². The van der Waals surface area contributed by atoms with Gasteiger partial charge in [0.25, 0.3) is 0 Å². The summed E-state index contributed by atoms with van der Waals surface area (Å²) in [5.74, 6) is 1.75. The highest BCUT2D eigenvalue weighted by molar-refractivity contribution is 5.93. The number of nitrogens with one attached hydrogen (secondary N) is 1. The maximum atomic E-state index is 12.3. The van der Waals surface area contributed by atoms with Gasteiger partial charge in [-0.05, 0) is 42.3 Å². The van der Waals surface area contributed by atoms with Crippen molar-refractivity contribution >= 4 is 11.6 Å². The zero-order valence-corrected chi connectivity index (χ0v) is 13.8. The van der Waals surface area contributed by atoms with Gasteiger partial charge in [0.1, 0.15) is 5.75 Å². The van der Waals surface area contributed by atoms with Crippen LogP contribution in [0.2, 0.25) is 0 Å². The normalized spacial score (nSPS) is 10.1. The van der Waals surface area contributed by atoms with Crippen LogP contribution in [0.3, 0.4) is 0 Å². The molecule has 0 spiro atoms. The standard InChI is InChI=1S/C18H21NO4/c1-12-5-7-15(21-2)14(9-12)19-18(20)11-13-6-8-16(22-3)17(10-13)23-4/h5-10H,11H2,1-4H3,(H,19,20). The number of rotatable bonds is 6. The molecule has 2 aromatic carbocycles. The Morgan fingerprint density at radius 1 is 0.913 bits per heavy atom. The second-order valence-corrected chi connectivity index (χ2v) is 5.12. The van der Waals surface area contributed by atoms with Crippen LogP contribution in [-0.2, 0) is 11.2 Å². The summed E-state index contributed by atoms with van der Waals surface area (Å²) in [5.41, 5.74) is 2.55. The van der Waals surface area contributed by atoms with E-state index in [4.69, 9.17) is 14.2 Å². The molecule has 0 aliphatic carbocycles. The Labute approximate surface area is 136 Å². The summed E-state index contributed by atoms with van der Waals surface area (Å²) in [6.07, 6.45) is 0.234. The van der Waals surface area contributed by atoms with E-state index in [9.17, 15) is 4.79 Å². The van der Waals surface area contributed by atoms with E-state index in [0.717, 1.165) is 11.1 Å². The second kappa shape index (κ2) is 7.54. The lowest BCUT2D eigenvalue weighted by Crippen LogP contribution is -2.15. The molecule has 23 heavy (non-hydrogen) atoms. The van der Waals surface area contributed by atoms with E-state index in [1.807, 2.05) is 31.2 Å². The van der Waals surface area contributed by atoms with Gasteiger partial charge in [-0.3, -0.25) is 4.79 Å². The first kappa shape index (κ1) is 16.7. The number of carbonyl (C=O) groups excluding carboxylic acids is 1. The molecule has 0 aliphatic rings. The minimum atomic E-state index is -0.124. The first-order chi connectivity index (χ1) is 11.1. The molecule has 0 heterocycles. The van der Waals surface area contributed by atoms with Crippen LogP contribution in [0.25, 0.3) is 0 Å². The van der Waals surface area contributed by atoms with Crippen LogP contribution >= 0.6 is 0 Å². The van der Waals surface area contributed by atoms with Crippen molar-refractivity contribution in [2.75, 3.05) is 26.6 Å². The van der Waals surface area contributed by atoms with Gasteiger partial charge < -0.3 is 19.5 Å². The summed E-state index contributed by atoms with van der Waals surface area (Å²) >= 11 is 0. The Morgan fingerprint density at radius 2 is 1.57 bits per heavy atom. The lowest BCUT2D eigenvalue weighted by Gasteiger charge is -2.12. The van der Waals surface area contributed by atoms with Crippen LogP contribution < -0.4 is 19.5 Å². The van der Waals surface area contributed by atoms with Gasteiger partial charge in [-0.25, -0.2) is 0 Å². The number of carbonyl (C=O) groups is 1. The lowest BCUT2D eigenvalue weighted by molar-refractivity contribution is -0.115. The van der Waals surface area contributed by atoms with Crippen LogP contribution in [0.1, 0.15) is 11.1 Å². The van der Waals surface area contributed by atoms with E-state index in [1.54, 1.807) is 33.5 Å². The summed E-state index contributed by atoms with van der Waals surface area (Å²) in [6.45, 7) is 1.96.